The molecule has 0 aliphatic carbocycles. The Hall–Kier alpha value is -1.71. The van der Waals surface area contributed by atoms with Crippen molar-refractivity contribution >= 4 is 40.3 Å². The predicted octanol–water partition coefficient (Wildman–Crippen LogP) is 3.75. The third-order valence-corrected chi connectivity index (χ3v) is 5.07. The number of carbonyl (C=O) groups is 1. The Morgan fingerprint density at radius 3 is 2.78 bits per heavy atom. The summed E-state index contributed by atoms with van der Waals surface area (Å²) in [5.74, 6) is -0.173. The third-order valence-electron chi connectivity index (χ3n) is 3.85. The Morgan fingerprint density at radius 2 is 2.17 bits per heavy atom. The van der Waals surface area contributed by atoms with Gasteiger partial charge in [-0.3, -0.25) is 4.79 Å². The summed E-state index contributed by atoms with van der Waals surface area (Å²) in [5.41, 5.74) is 0.748. The topological polar surface area (TPSA) is 81.6 Å². The van der Waals surface area contributed by atoms with Crippen LogP contribution in [0.4, 0.5) is 0 Å². The molecule has 1 aromatic carbocycles. The van der Waals surface area contributed by atoms with Crippen molar-refractivity contribution in [2.24, 2.45) is 5.92 Å². The van der Waals surface area contributed by atoms with Crippen molar-refractivity contribution < 1.29 is 4.79 Å². The Kier molecular flexibility index (Phi) is 5.23. The minimum atomic E-state index is -0.882. The first kappa shape index (κ1) is 17.6. The second-order valence-electron chi connectivity index (χ2n) is 5.92. The Bertz CT molecular complexity index is 767. The van der Waals surface area contributed by atoms with Crippen LogP contribution in [0, 0.1) is 17.2 Å². The number of H-pyrrole nitrogens is 1. The summed E-state index contributed by atoms with van der Waals surface area (Å²) < 4.78 is 0. The average Bonchev–Trinajstić information content (AvgIpc) is 2.87. The fourth-order valence-corrected chi connectivity index (χ4v) is 2.89. The molecule has 2 aromatic rings. The zero-order chi connectivity index (χ0) is 17.2. The number of thioether (sulfide) groups is 1. The monoisotopic (exact) mass is 350 g/mol. The van der Waals surface area contributed by atoms with Gasteiger partial charge in [0, 0.05) is 5.02 Å². The molecule has 0 radical (unpaired) electrons. The number of nitrogens with one attached hydrogen (secondary N) is 2. The zero-order valence-electron chi connectivity index (χ0n) is 13.5. The number of carbonyl (C=O) groups excluding carboxylic acids is 1. The maximum atomic E-state index is 12.3. The van der Waals surface area contributed by atoms with Crippen molar-refractivity contribution in [1.29, 1.82) is 5.26 Å². The number of imidazole rings is 1. The van der Waals surface area contributed by atoms with Gasteiger partial charge in [0.25, 0.3) is 0 Å². The standard InChI is InChI=1S/C16H19ClN4OS/c1-9(2)16(4,8-18)21-14(22)10(3)23-15-19-12-6-5-11(17)7-13(12)20-15/h5-7,9-10H,1-4H3,(H,19,20)(H,21,22). The average molecular weight is 351 g/mol. The molecule has 5 nitrogen and oxygen atoms in total. The quantitative estimate of drug-likeness (QED) is 0.804. The summed E-state index contributed by atoms with van der Waals surface area (Å²) in [6.07, 6.45) is 0. The van der Waals surface area contributed by atoms with Crippen molar-refractivity contribution in [1.82, 2.24) is 15.3 Å². The number of amides is 1. The number of fused-ring (bicyclic) bond motifs is 1. The summed E-state index contributed by atoms with van der Waals surface area (Å²) in [6, 6.07) is 7.57. The third kappa shape index (κ3) is 3.98. The van der Waals surface area contributed by atoms with E-state index >= 15 is 0 Å². The number of aromatic nitrogens is 2. The number of hydrogen-bond acceptors (Lipinski definition) is 4. The fraction of sp³-hybridized carbons (Fsp3) is 0.438. The molecule has 1 amide bonds. The lowest BCUT2D eigenvalue weighted by atomic mass is 9.90. The van der Waals surface area contributed by atoms with Gasteiger partial charge in [-0.05, 0) is 38.0 Å². The van der Waals surface area contributed by atoms with Crippen molar-refractivity contribution in [2.75, 3.05) is 0 Å². The summed E-state index contributed by atoms with van der Waals surface area (Å²) in [6.45, 7) is 7.34. The second-order valence-corrected chi connectivity index (χ2v) is 7.69. The first-order valence-corrected chi connectivity index (χ1v) is 8.56. The maximum absolute atomic E-state index is 12.3. The molecule has 0 saturated carbocycles. The van der Waals surface area contributed by atoms with Gasteiger partial charge >= 0.3 is 0 Å². The van der Waals surface area contributed by atoms with Crippen LogP contribution in [0.2, 0.25) is 5.02 Å². The van der Waals surface area contributed by atoms with E-state index in [9.17, 15) is 10.1 Å². The van der Waals surface area contributed by atoms with Gasteiger partial charge in [-0.25, -0.2) is 4.98 Å². The van der Waals surface area contributed by atoms with Crippen LogP contribution in [0.3, 0.4) is 0 Å². The molecule has 1 heterocycles. The Morgan fingerprint density at radius 1 is 1.48 bits per heavy atom. The number of benzene rings is 1. The van der Waals surface area contributed by atoms with E-state index in [1.54, 1.807) is 26.0 Å². The van der Waals surface area contributed by atoms with Crippen LogP contribution in [0.5, 0.6) is 0 Å². The zero-order valence-corrected chi connectivity index (χ0v) is 15.0. The van der Waals surface area contributed by atoms with Crippen LogP contribution in [0.25, 0.3) is 11.0 Å². The van der Waals surface area contributed by atoms with Crippen molar-refractivity contribution in [3.63, 3.8) is 0 Å². The smallest absolute Gasteiger partial charge is 0.234 e. The lowest BCUT2D eigenvalue weighted by Gasteiger charge is -2.28. The highest BCUT2D eigenvalue weighted by Gasteiger charge is 2.32. The molecule has 0 aliphatic rings. The number of nitrogens with zero attached hydrogens (tertiary/aromatic N) is 2. The van der Waals surface area contributed by atoms with E-state index in [1.165, 1.54) is 11.8 Å². The highest BCUT2D eigenvalue weighted by atomic mass is 35.5. The van der Waals surface area contributed by atoms with Crippen LogP contribution >= 0.6 is 23.4 Å². The van der Waals surface area contributed by atoms with Crippen LogP contribution < -0.4 is 5.32 Å². The molecule has 7 heteroatoms. The predicted molar refractivity (Wildman–Crippen MR) is 93.4 cm³/mol. The van der Waals surface area contributed by atoms with Gasteiger partial charge in [0.05, 0.1) is 22.4 Å². The van der Waals surface area contributed by atoms with Crippen LogP contribution in [-0.2, 0) is 4.79 Å². The summed E-state index contributed by atoms with van der Waals surface area (Å²) in [7, 11) is 0. The number of hydrogen-bond donors (Lipinski definition) is 2. The lowest BCUT2D eigenvalue weighted by molar-refractivity contribution is -0.121. The maximum Gasteiger partial charge on any atom is 0.234 e. The van der Waals surface area contributed by atoms with E-state index in [1.807, 2.05) is 19.9 Å². The van der Waals surface area contributed by atoms with Gasteiger partial charge in [-0.1, -0.05) is 37.2 Å². The second kappa shape index (κ2) is 6.81. The highest BCUT2D eigenvalue weighted by molar-refractivity contribution is 8.00. The molecule has 0 aliphatic heterocycles. The SMILES string of the molecule is CC(Sc1nc2ccc(Cl)cc2[nH]1)C(=O)NC(C)(C#N)C(C)C. The molecule has 2 atom stereocenters. The van der Waals surface area contributed by atoms with E-state index < -0.39 is 5.54 Å². The Labute approximate surface area is 144 Å². The van der Waals surface area contributed by atoms with E-state index in [0.29, 0.717) is 10.2 Å². The molecule has 23 heavy (non-hydrogen) atoms. The van der Waals surface area contributed by atoms with E-state index in [4.69, 9.17) is 11.6 Å². The first-order valence-electron chi connectivity index (χ1n) is 7.30. The van der Waals surface area contributed by atoms with Crippen LogP contribution in [0.15, 0.2) is 23.4 Å². The summed E-state index contributed by atoms with van der Waals surface area (Å²) in [5, 5.41) is 13.0. The van der Waals surface area contributed by atoms with Crippen molar-refractivity contribution in [3.8, 4) is 6.07 Å². The molecule has 2 unspecified atom stereocenters. The normalized spacial score (nSPS) is 15.2. The molecule has 0 spiro atoms. The Balaban J connectivity index is 2.09. The van der Waals surface area contributed by atoms with Crippen molar-refractivity contribution in [3.05, 3.63) is 23.2 Å². The molecule has 1 aromatic heterocycles. The molecular formula is C16H19ClN4OS. The number of rotatable bonds is 5. The summed E-state index contributed by atoms with van der Waals surface area (Å²) >= 11 is 7.27. The number of nitriles is 1. The van der Waals surface area contributed by atoms with Gasteiger partial charge in [0.15, 0.2) is 5.16 Å². The van der Waals surface area contributed by atoms with Gasteiger partial charge in [-0.2, -0.15) is 5.26 Å². The molecule has 0 saturated heterocycles. The highest BCUT2D eigenvalue weighted by Crippen LogP contribution is 2.26. The molecule has 2 N–H and O–H groups in total. The van der Waals surface area contributed by atoms with Gasteiger partial charge < -0.3 is 10.3 Å². The summed E-state index contributed by atoms with van der Waals surface area (Å²) in [4.78, 5) is 19.9. The number of aromatic amines is 1. The van der Waals surface area contributed by atoms with Crippen LogP contribution in [0.1, 0.15) is 27.7 Å². The van der Waals surface area contributed by atoms with Crippen molar-refractivity contribution in [2.45, 2.75) is 43.6 Å². The lowest BCUT2D eigenvalue weighted by Crippen LogP contribution is -2.51. The fourth-order valence-electron chi connectivity index (χ4n) is 1.89. The van der Waals surface area contributed by atoms with Gasteiger partial charge in [0.1, 0.15) is 5.54 Å². The van der Waals surface area contributed by atoms with Crippen LogP contribution in [-0.4, -0.2) is 26.7 Å². The molecular weight excluding hydrogens is 332 g/mol. The largest absolute Gasteiger partial charge is 0.337 e. The molecule has 0 fully saturated rings. The first-order chi connectivity index (χ1) is 10.7. The minimum Gasteiger partial charge on any atom is -0.337 e. The molecule has 2 rings (SSSR count). The van der Waals surface area contributed by atoms with E-state index in [2.05, 4.69) is 21.4 Å². The number of halogens is 1. The van der Waals surface area contributed by atoms with E-state index in [0.717, 1.165) is 11.0 Å². The van der Waals surface area contributed by atoms with Gasteiger partial charge in [0.2, 0.25) is 5.91 Å². The van der Waals surface area contributed by atoms with Gasteiger partial charge in [-0.15, -0.1) is 0 Å². The van der Waals surface area contributed by atoms with E-state index in [-0.39, 0.29) is 17.1 Å². The minimum absolute atomic E-state index is 0.0157. The molecule has 0 bridgehead atoms. The molecule has 122 valence electrons.